The van der Waals surface area contributed by atoms with Crippen molar-refractivity contribution >= 4 is 0 Å². The van der Waals surface area contributed by atoms with Crippen LogP contribution < -0.4 is 0 Å². The topological polar surface area (TPSA) is 9.23 Å². The zero-order valence-electron chi connectivity index (χ0n) is 8.41. The molecule has 1 heterocycles. The van der Waals surface area contributed by atoms with Crippen LogP contribution in [0.15, 0.2) is 24.3 Å². The van der Waals surface area contributed by atoms with Crippen molar-refractivity contribution in [2.75, 3.05) is 6.61 Å². The monoisotopic (exact) mass is 188 g/mol. The highest BCUT2D eigenvalue weighted by molar-refractivity contribution is 5.31. The molecule has 0 spiro atoms. The smallest absolute Gasteiger partial charge is 0.0855 e. The predicted octanol–water partition coefficient (Wildman–Crippen LogP) is 3.10. The molecule has 3 rings (SSSR count). The van der Waals surface area contributed by atoms with Crippen LogP contribution in [0.2, 0.25) is 0 Å². The van der Waals surface area contributed by atoms with E-state index in [1.165, 1.54) is 30.4 Å². The Labute approximate surface area is 85.1 Å². The van der Waals surface area contributed by atoms with Gasteiger partial charge in [0.1, 0.15) is 0 Å². The van der Waals surface area contributed by atoms with E-state index in [-0.39, 0.29) is 0 Å². The molecule has 1 saturated carbocycles. The Morgan fingerprint density at radius 2 is 2.00 bits per heavy atom. The molecule has 1 nitrogen and oxygen atoms in total. The average Bonchev–Trinajstić information content (AvgIpc) is 2.16. The normalized spacial score (nSPS) is 26.7. The number of hydrogen-bond acceptors (Lipinski definition) is 1. The van der Waals surface area contributed by atoms with E-state index in [0.29, 0.717) is 6.10 Å². The van der Waals surface area contributed by atoms with Gasteiger partial charge in [0.15, 0.2) is 0 Å². The van der Waals surface area contributed by atoms with Crippen LogP contribution in [0.4, 0.5) is 0 Å². The molecule has 0 bridgehead atoms. The molecule has 1 aromatic carbocycles. The minimum Gasteiger partial charge on any atom is -0.373 e. The Kier molecular flexibility index (Phi) is 2.06. The van der Waals surface area contributed by atoms with Gasteiger partial charge in [-0.1, -0.05) is 30.7 Å². The second kappa shape index (κ2) is 3.39. The first kappa shape index (κ1) is 8.49. The Balaban J connectivity index is 1.93. The van der Waals surface area contributed by atoms with E-state index in [2.05, 4.69) is 24.3 Å². The Morgan fingerprint density at radius 3 is 2.79 bits per heavy atom. The summed E-state index contributed by atoms with van der Waals surface area (Å²) in [5, 5.41) is 0. The van der Waals surface area contributed by atoms with Crippen LogP contribution in [0.1, 0.15) is 36.5 Å². The molecular formula is C13H16O. The summed E-state index contributed by atoms with van der Waals surface area (Å²) in [7, 11) is 0. The van der Waals surface area contributed by atoms with E-state index in [9.17, 15) is 0 Å². The summed E-state index contributed by atoms with van der Waals surface area (Å²) in [6, 6.07) is 8.78. The summed E-state index contributed by atoms with van der Waals surface area (Å²) in [6.45, 7) is 0.915. The van der Waals surface area contributed by atoms with Crippen molar-refractivity contribution in [3.63, 3.8) is 0 Å². The number of benzene rings is 1. The summed E-state index contributed by atoms with van der Waals surface area (Å²) in [5.41, 5.74) is 2.97. The molecule has 14 heavy (non-hydrogen) atoms. The zero-order chi connectivity index (χ0) is 9.38. The highest BCUT2D eigenvalue weighted by Crippen LogP contribution is 2.42. The van der Waals surface area contributed by atoms with Gasteiger partial charge in [-0.3, -0.25) is 0 Å². The van der Waals surface area contributed by atoms with E-state index in [1.54, 1.807) is 0 Å². The van der Waals surface area contributed by atoms with Gasteiger partial charge in [0.25, 0.3) is 0 Å². The quantitative estimate of drug-likeness (QED) is 0.658. The third-order valence-electron chi connectivity index (χ3n) is 3.61. The van der Waals surface area contributed by atoms with Crippen molar-refractivity contribution in [1.82, 2.24) is 0 Å². The zero-order valence-corrected chi connectivity index (χ0v) is 8.41. The third-order valence-corrected chi connectivity index (χ3v) is 3.61. The SMILES string of the molecule is c1ccc2c(c1)CCO[C@@H]2C1CCC1. The number of rotatable bonds is 1. The lowest BCUT2D eigenvalue weighted by molar-refractivity contribution is -0.0240. The van der Waals surface area contributed by atoms with Crippen LogP contribution in [-0.2, 0) is 11.2 Å². The lowest BCUT2D eigenvalue weighted by Gasteiger charge is -2.37. The lowest BCUT2D eigenvalue weighted by Crippen LogP contribution is -2.27. The predicted molar refractivity (Wildman–Crippen MR) is 56.2 cm³/mol. The first-order chi connectivity index (χ1) is 6.95. The van der Waals surface area contributed by atoms with E-state index in [1.807, 2.05) is 0 Å². The maximum absolute atomic E-state index is 5.91. The third kappa shape index (κ3) is 1.27. The number of hydrogen-bond donors (Lipinski definition) is 0. The average molecular weight is 188 g/mol. The maximum atomic E-state index is 5.91. The van der Waals surface area contributed by atoms with Gasteiger partial charge in [0.2, 0.25) is 0 Å². The molecule has 1 aliphatic carbocycles. The largest absolute Gasteiger partial charge is 0.373 e. The molecule has 1 aromatic rings. The second-order valence-electron chi connectivity index (χ2n) is 4.43. The molecule has 0 radical (unpaired) electrons. The van der Waals surface area contributed by atoms with Crippen molar-refractivity contribution in [2.45, 2.75) is 31.8 Å². The first-order valence-electron chi connectivity index (χ1n) is 5.64. The van der Waals surface area contributed by atoms with Gasteiger partial charge < -0.3 is 4.74 Å². The molecule has 0 aromatic heterocycles. The Hall–Kier alpha value is -0.820. The van der Waals surface area contributed by atoms with Crippen molar-refractivity contribution in [3.8, 4) is 0 Å². The molecule has 0 N–H and O–H groups in total. The fourth-order valence-corrected chi connectivity index (χ4v) is 2.56. The van der Waals surface area contributed by atoms with Crippen LogP contribution in [0.5, 0.6) is 0 Å². The maximum Gasteiger partial charge on any atom is 0.0855 e. The number of fused-ring (bicyclic) bond motifs is 1. The molecular weight excluding hydrogens is 172 g/mol. The van der Waals surface area contributed by atoms with Crippen molar-refractivity contribution < 1.29 is 4.74 Å². The van der Waals surface area contributed by atoms with Gasteiger partial charge in [-0.25, -0.2) is 0 Å². The molecule has 1 heteroatoms. The lowest BCUT2D eigenvalue weighted by atomic mass is 9.77. The van der Waals surface area contributed by atoms with Gasteiger partial charge in [0.05, 0.1) is 12.7 Å². The van der Waals surface area contributed by atoms with Crippen molar-refractivity contribution in [3.05, 3.63) is 35.4 Å². The van der Waals surface area contributed by atoms with Gasteiger partial charge in [0, 0.05) is 0 Å². The molecule has 0 amide bonds. The molecule has 1 fully saturated rings. The van der Waals surface area contributed by atoms with Crippen LogP contribution >= 0.6 is 0 Å². The summed E-state index contributed by atoms with van der Waals surface area (Å²) in [6.07, 6.45) is 5.62. The van der Waals surface area contributed by atoms with E-state index in [4.69, 9.17) is 4.74 Å². The number of ether oxygens (including phenoxy) is 1. The standard InChI is InChI=1S/C13H16O/c1-2-7-12-10(4-1)8-9-14-13(12)11-5-3-6-11/h1-2,4,7,11,13H,3,5-6,8-9H2/t13-/m1/s1. The molecule has 0 unspecified atom stereocenters. The Morgan fingerprint density at radius 1 is 1.14 bits per heavy atom. The van der Waals surface area contributed by atoms with Crippen molar-refractivity contribution in [1.29, 1.82) is 0 Å². The summed E-state index contributed by atoms with van der Waals surface area (Å²) >= 11 is 0. The van der Waals surface area contributed by atoms with Crippen LogP contribution in [-0.4, -0.2) is 6.61 Å². The Bertz CT molecular complexity index is 328. The summed E-state index contributed by atoms with van der Waals surface area (Å²) in [4.78, 5) is 0. The molecule has 1 aliphatic heterocycles. The van der Waals surface area contributed by atoms with Gasteiger partial charge in [-0.2, -0.15) is 0 Å². The van der Waals surface area contributed by atoms with E-state index in [0.717, 1.165) is 18.9 Å². The van der Waals surface area contributed by atoms with E-state index < -0.39 is 0 Å². The van der Waals surface area contributed by atoms with Gasteiger partial charge in [-0.15, -0.1) is 0 Å². The van der Waals surface area contributed by atoms with Crippen LogP contribution in [0, 0.1) is 5.92 Å². The second-order valence-corrected chi connectivity index (χ2v) is 4.43. The first-order valence-corrected chi connectivity index (χ1v) is 5.64. The van der Waals surface area contributed by atoms with Crippen LogP contribution in [0.3, 0.4) is 0 Å². The van der Waals surface area contributed by atoms with Crippen LogP contribution in [0.25, 0.3) is 0 Å². The minimum atomic E-state index is 0.411. The van der Waals surface area contributed by atoms with Gasteiger partial charge in [-0.05, 0) is 36.3 Å². The fourth-order valence-electron chi connectivity index (χ4n) is 2.56. The molecule has 0 saturated heterocycles. The summed E-state index contributed by atoms with van der Waals surface area (Å²) < 4.78 is 5.91. The van der Waals surface area contributed by atoms with Gasteiger partial charge >= 0.3 is 0 Å². The summed E-state index contributed by atoms with van der Waals surface area (Å²) in [5.74, 6) is 0.802. The minimum absolute atomic E-state index is 0.411. The molecule has 2 aliphatic rings. The molecule has 1 atom stereocenters. The fraction of sp³-hybridized carbons (Fsp3) is 0.538. The highest BCUT2D eigenvalue weighted by Gasteiger charge is 2.32. The molecule has 74 valence electrons. The highest BCUT2D eigenvalue weighted by atomic mass is 16.5. The van der Waals surface area contributed by atoms with E-state index >= 15 is 0 Å². The van der Waals surface area contributed by atoms with Crippen molar-refractivity contribution in [2.24, 2.45) is 5.92 Å².